The molecule has 0 aromatic carbocycles. The first kappa shape index (κ1) is 18.9. The van der Waals surface area contributed by atoms with Gasteiger partial charge in [-0.3, -0.25) is 4.79 Å². The third-order valence-electron chi connectivity index (χ3n) is 3.70. The predicted molar refractivity (Wildman–Crippen MR) is 102 cm³/mol. The zero-order chi connectivity index (χ0) is 18.7. The zero-order valence-electron chi connectivity index (χ0n) is 14.5. The van der Waals surface area contributed by atoms with E-state index in [0.29, 0.717) is 30.1 Å². The Kier molecular flexibility index (Phi) is 5.64. The quantitative estimate of drug-likeness (QED) is 0.787. The van der Waals surface area contributed by atoms with Crippen molar-refractivity contribution in [3.8, 4) is 10.0 Å². The number of nitrogens with one attached hydrogen (secondary N) is 1. The first-order valence-corrected chi connectivity index (χ1v) is 9.93. The molecule has 8 heteroatoms. The average molecular weight is 394 g/mol. The van der Waals surface area contributed by atoms with Crippen LogP contribution in [-0.4, -0.2) is 39.3 Å². The number of thiazole rings is 2. The molecule has 2 aromatic heterocycles. The normalized spacial score (nSPS) is 17.2. The summed E-state index contributed by atoms with van der Waals surface area (Å²) in [4.78, 5) is 22.1. The summed E-state index contributed by atoms with van der Waals surface area (Å²) in [5.41, 5.74) is 0.227. The molecule has 0 fully saturated rings. The number of carbonyl (C=O) groups excluding carboxylic acids is 1. The third kappa shape index (κ3) is 4.84. The molecule has 0 bridgehead atoms. The Bertz CT molecular complexity index is 835. The van der Waals surface area contributed by atoms with Gasteiger partial charge in [0.25, 0.3) is 5.91 Å². The number of carbonyl (C=O) groups is 1. The maximum atomic E-state index is 13.1. The highest BCUT2D eigenvalue weighted by atomic mass is 32.1. The van der Waals surface area contributed by atoms with Crippen LogP contribution >= 0.6 is 22.7 Å². The lowest BCUT2D eigenvalue weighted by atomic mass is 10.0. The number of halogens is 1. The SMILES string of the molecule is CC(C)(O)Cc1sc(-c2nccs2)nc1C(=O)NCC1=CCC(F)C=C1. The van der Waals surface area contributed by atoms with E-state index >= 15 is 0 Å². The molecule has 0 aliphatic heterocycles. The Morgan fingerprint density at radius 2 is 2.27 bits per heavy atom. The number of alkyl halides is 1. The van der Waals surface area contributed by atoms with E-state index in [0.717, 1.165) is 15.5 Å². The maximum absolute atomic E-state index is 13.1. The molecule has 3 rings (SSSR count). The molecule has 1 aliphatic carbocycles. The van der Waals surface area contributed by atoms with Crippen LogP contribution in [0.1, 0.15) is 35.6 Å². The predicted octanol–water partition coefficient (Wildman–Crippen LogP) is 3.53. The van der Waals surface area contributed by atoms with Crippen molar-refractivity contribution in [1.82, 2.24) is 15.3 Å². The van der Waals surface area contributed by atoms with Gasteiger partial charge in [-0.15, -0.1) is 22.7 Å². The van der Waals surface area contributed by atoms with Gasteiger partial charge in [-0.25, -0.2) is 14.4 Å². The second-order valence-corrected chi connectivity index (χ2v) is 8.67. The van der Waals surface area contributed by atoms with E-state index < -0.39 is 11.8 Å². The minimum absolute atomic E-state index is 0.306. The van der Waals surface area contributed by atoms with Gasteiger partial charge in [-0.2, -0.15) is 0 Å². The Labute approximate surface area is 159 Å². The summed E-state index contributed by atoms with van der Waals surface area (Å²) in [6, 6.07) is 0. The number of rotatable bonds is 6. The number of aliphatic hydroxyl groups is 1. The van der Waals surface area contributed by atoms with Gasteiger partial charge in [0.05, 0.1) is 5.60 Å². The molecule has 5 nitrogen and oxygen atoms in total. The summed E-state index contributed by atoms with van der Waals surface area (Å²) >= 11 is 2.82. The minimum atomic E-state index is -0.952. The average Bonchev–Trinajstić information content (AvgIpc) is 3.22. The van der Waals surface area contributed by atoms with Crippen molar-refractivity contribution in [1.29, 1.82) is 0 Å². The highest BCUT2D eigenvalue weighted by Crippen LogP contribution is 2.31. The Morgan fingerprint density at radius 1 is 1.46 bits per heavy atom. The molecule has 2 N–H and O–H groups in total. The summed E-state index contributed by atoms with van der Waals surface area (Å²) < 4.78 is 13.1. The van der Waals surface area contributed by atoms with Gasteiger partial charge in [0.1, 0.15) is 11.9 Å². The Hall–Kier alpha value is -1.90. The molecule has 0 saturated carbocycles. The van der Waals surface area contributed by atoms with Crippen LogP contribution in [0.25, 0.3) is 10.0 Å². The molecule has 1 unspecified atom stereocenters. The molecule has 2 heterocycles. The smallest absolute Gasteiger partial charge is 0.271 e. The highest BCUT2D eigenvalue weighted by molar-refractivity contribution is 7.20. The second kappa shape index (κ2) is 7.77. The molecule has 0 spiro atoms. The Balaban J connectivity index is 1.78. The van der Waals surface area contributed by atoms with Crippen LogP contribution < -0.4 is 5.32 Å². The molecule has 0 saturated heterocycles. The van der Waals surface area contributed by atoms with Crippen molar-refractivity contribution in [2.75, 3.05) is 6.54 Å². The topological polar surface area (TPSA) is 75.1 Å². The van der Waals surface area contributed by atoms with Gasteiger partial charge in [0.15, 0.2) is 10.0 Å². The molecule has 1 amide bonds. The van der Waals surface area contributed by atoms with Crippen LogP contribution in [0.5, 0.6) is 0 Å². The molecule has 26 heavy (non-hydrogen) atoms. The third-order valence-corrected chi connectivity index (χ3v) is 5.67. The summed E-state index contributed by atoms with van der Waals surface area (Å²) in [6.45, 7) is 3.71. The van der Waals surface area contributed by atoms with Crippen LogP contribution in [0.2, 0.25) is 0 Å². The van der Waals surface area contributed by atoms with Crippen LogP contribution in [0.4, 0.5) is 4.39 Å². The van der Waals surface area contributed by atoms with E-state index in [1.807, 2.05) is 5.38 Å². The lowest BCUT2D eigenvalue weighted by Crippen LogP contribution is -2.28. The standard InChI is InChI=1S/C18H20FN3O2S2/c1-18(2,24)9-13-14(22-17(26-13)16-20-7-8-25-16)15(23)21-10-11-3-5-12(19)6-4-11/h3-5,7-8,12,24H,6,9-10H2,1-2H3,(H,21,23). The van der Waals surface area contributed by atoms with E-state index in [4.69, 9.17) is 0 Å². The van der Waals surface area contributed by atoms with Crippen LogP contribution in [-0.2, 0) is 6.42 Å². The summed E-state index contributed by atoms with van der Waals surface area (Å²) in [5.74, 6) is -0.306. The maximum Gasteiger partial charge on any atom is 0.271 e. The first-order valence-electron chi connectivity index (χ1n) is 8.23. The minimum Gasteiger partial charge on any atom is -0.390 e. The van der Waals surface area contributed by atoms with E-state index in [2.05, 4.69) is 15.3 Å². The van der Waals surface area contributed by atoms with Crippen LogP contribution in [0, 0.1) is 0 Å². The number of allylic oxidation sites excluding steroid dienone is 2. The Morgan fingerprint density at radius 3 is 2.88 bits per heavy atom. The van der Waals surface area contributed by atoms with E-state index in [1.165, 1.54) is 28.7 Å². The molecule has 1 atom stereocenters. The lowest BCUT2D eigenvalue weighted by Gasteiger charge is -2.16. The zero-order valence-corrected chi connectivity index (χ0v) is 16.2. The summed E-state index contributed by atoms with van der Waals surface area (Å²) in [5, 5.41) is 16.3. The van der Waals surface area contributed by atoms with Gasteiger partial charge < -0.3 is 10.4 Å². The van der Waals surface area contributed by atoms with Crippen molar-refractivity contribution < 1.29 is 14.3 Å². The molecule has 2 aromatic rings. The molecule has 1 aliphatic rings. The van der Waals surface area contributed by atoms with Gasteiger partial charge in [0, 0.05) is 35.8 Å². The van der Waals surface area contributed by atoms with Crippen LogP contribution in [0.15, 0.2) is 35.4 Å². The van der Waals surface area contributed by atoms with Gasteiger partial charge >= 0.3 is 0 Å². The monoisotopic (exact) mass is 393 g/mol. The lowest BCUT2D eigenvalue weighted by molar-refractivity contribution is 0.0811. The van der Waals surface area contributed by atoms with E-state index in [-0.39, 0.29) is 5.91 Å². The van der Waals surface area contributed by atoms with E-state index in [9.17, 15) is 14.3 Å². The number of hydrogen-bond acceptors (Lipinski definition) is 6. The van der Waals surface area contributed by atoms with Crippen molar-refractivity contribution in [2.45, 2.75) is 38.5 Å². The fourth-order valence-electron chi connectivity index (χ4n) is 2.50. The van der Waals surface area contributed by atoms with Gasteiger partial charge in [0.2, 0.25) is 0 Å². The van der Waals surface area contributed by atoms with Crippen molar-refractivity contribution in [3.63, 3.8) is 0 Å². The van der Waals surface area contributed by atoms with Crippen LogP contribution in [0.3, 0.4) is 0 Å². The van der Waals surface area contributed by atoms with Gasteiger partial charge in [-0.05, 0) is 19.4 Å². The molecular weight excluding hydrogens is 373 g/mol. The van der Waals surface area contributed by atoms with Gasteiger partial charge in [-0.1, -0.05) is 18.2 Å². The van der Waals surface area contributed by atoms with E-state index in [1.54, 1.807) is 32.2 Å². The van der Waals surface area contributed by atoms with Crippen molar-refractivity contribution in [2.24, 2.45) is 0 Å². The fourth-order valence-corrected chi connectivity index (χ4v) is 4.46. The molecule has 0 radical (unpaired) electrons. The second-order valence-electron chi connectivity index (χ2n) is 6.69. The molecular formula is C18H20FN3O2S2. The number of nitrogens with zero attached hydrogens (tertiary/aromatic N) is 2. The van der Waals surface area contributed by atoms with Crippen molar-refractivity contribution in [3.05, 3.63) is 45.9 Å². The first-order chi connectivity index (χ1) is 12.3. The fraction of sp³-hybridized carbons (Fsp3) is 0.389. The van der Waals surface area contributed by atoms with Crippen molar-refractivity contribution >= 4 is 28.6 Å². The number of aromatic nitrogens is 2. The molecule has 138 valence electrons. The number of amides is 1. The summed E-state index contributed by atoms with van der Waals surface area (Å²) in [7, 11) is 0. The highest BCUT2D eigenvalue weighted by Gasteiger charge is 2.25. The number of hydrogen-bond donors (Lipinski definition) is 2. The summed E-state index contributed by atoms with van der Waals surface area (Å²) in [6.07, 6.45) is 6.36. The largest absolute Gasteiger partial charge is 0.390 e.